The SMILES string of the molecule is Cc1cccc(C(C)C)c1NC(=O)CN1CCCC1. The van der Waals surface area contributed by atoms with Gasteiger partial charge in [0.05, 0.1) is 6.54 Å². The summed E-state index contributed by atoms with van der Waals surface area (Å²) in [7, 11) is 0. The molecule has 0 spiro atoms. The van der Waals surface area contributed by atoms with Crippen LogP contribution in [0.2, 0.25) is 0 Å². The summed E-state index contributed by atoms with van der Waals surface area (Å²) in [5, 5.41) is 3.11. The Hall–Kier alpha value is -1.35. The summed E-state index contributed by atoms with van der Waals surface area (Å²) in [5.41, 5.74) is 3.36. The lowest BCUT2D eigenvalue weighted by molar-refractivity contribution is -0.117. The highest BCUT2D eigenvalue weighted by atomic mass is 16.2. The topological polar surface area (TPSA) is 32.3 Å². The number of benzene rings is 1. The van der Waals surface area contributed by atoms with Crippen molar-refractivity contribution in [2.45, 2.75) is 39.5 Å². The number of carbonyl (C=O) groups excluding carboxylic acids is 1. The van der Waals surface area contributed by atoms with E-state index in [4.69, 9.17) is 0 Å². The van der Waals surface area contributed by atoms with Crippen molar-refractivity contribution in [1.82, 2.24) is 4.90 Å². The highest BCUT2D eigenvalue weighted by Crippen LogP contribution is 2.27. The number of amides is 1. The van der Waals surface area contributed by atoms with Crippen LogP contribution < -0.4 is 5.32 Å². The number of para-hydroxylation sites is 1. The summed E-state index contributed by atoms with van der Waals surface area (Å²) in [6.07, 6.45) is 2.43. The maximum absolute atomic E-state index is 12.1. The molecule has 1 amide bonds. The lowest BCUT2D eigenvalue weighted by Crippen LogP contribution is -2.31. The smallest absolute Gasteiger partial charge is 0.238 e. The van der Waals surface area contributed by atoms with Crippen molar-refractivity contribution in [3.05, 3.63) is 29.3 Å². The van der Waals surface area contributed by atoms with E-state index in [0.717, 1.165) is 24.3 Å². The van der Waals surface area contributed by atoms with Crippen LogP contribution in [0.3, 0.4) is 0 Å². The predicted molar refractivity (Wildman–Crippen MR) is 79.6 cm³/mol. The summed E-state index contributed by atoms with van der Waals surface area (Å²) < 4.78 is 0. The zero-order valence-corrected chi connectivity index (χ0v) is 12.2. The van der Waals surface area contributed by atoms with E-state index < -0.39 is 0 Å². The van der Waals surface area contributed by atoms with Gasteiger partial charge in [-0.15, -0.1) is 0 Å². The van der Waals surface area contributed by atoms with Crippen LogP contribution in [-0.2, 0) is 4.79 Å². The van der Waals surface area contributed by atoms with Gasteiger partial charge >= 0.3 is 0 Å². The number of nitrogens with zero attached hydrogens (tertiary/aromatic N) is 1. The number of hydrogen-bond acceptors (Lipinski definition) is 2. The number of carbonyl (C=O) groups is 1. The first-order chi connectivity index (χ1) is 9.08. The van der Waals surface area contributed by atoms with Crippen molar-refractivity contribution in [3.8, 4) is 0 Å². The summed E-state index contributed by atoms with van der Waals surface area (Å²) in [4.78, 5) is 14.4. The van der Waals surface area contributed by atoms with E-state index in [9.17, 15) is 4.79 Å². The normalized spacial score (nSPS) is 16.0. The largest absolute Gasteiger partial charge is 0.324 e. The molecule has 0 aromatic heterocycles. The zero-order valence-electron chi connectivity index (χ0n) is 12.2. The number of anilines is 1. The Labute approximate surface area is 116 Å². The number of aryl methyl sites for hydroxylation is 1. The maximum atomic E-state index is 12.1. The van der Waals surface area contributed by atoms with Crippen LogP contribution in [0, 0.1) is 6.92 Å². The van der Waals surface area contributed by atoms with E-state index >= 15 is 0 Å². The molecule has 1 heterocycles. The molecule has 1 N–H and O–H groups in total. The fraction of sp³-hybridized carbons (Fsp3) is 0.562. The van der Waals surface area contributed by atoms with Crippen molar-refractivity contribution < 1.29 is 4.79 Å². The summed E-state index contributed by atoms with van der Waals surface area (Å²) in [5.74, 6) is 0.528. The predicted octanol–water partition coefficient (Wildman–Crippen LogP) is 3.15. The molecule has 3 heteroatoms. The van der Waals surface area contributed by atoms with Crippen molar-refractivity contribution in [3.63, 3.8) is 0 Å². The van der Waals surface area contributed by atoms with Gasteiger partial charge in [0.15, 0.2) is 0 Å². The van der Waals surface area contributed by atoms with Crippen molar-refractivity contribution in [2.24, 2.45) is 0 Å². The molecule has 104 valence electrons. The Balaban J connectivity index is 2.07. The molecule has 1 aromatic rings. The Kier molecular flexibility index (Phi) is 4.59. The molecule has 3 nitrogen and oxygen atoms in total. The molecule has 1 saturated heterocycles. The van der Waals surface area contributed by atoms with Crippen LogP contribution >= 0.6 is 0 Å². The van der Waals surface area contributed by atoms with E-state index in [1.165, 1.54) is 18.4 Å². The van der Waals surface area contributed by atoms with Crippen LogP contribution in [0.5, 0.6) is 0 Å². The number of hydrogen-bond donors (Lipinski definition) is 1. The molecule has 0 unspecified atom stereocenters. The first-order valence-electron chi connectivity index (χ1n) is 7.19. The highest BCUT2D eigenvalue weighted by Gasteiger charge is 2.17. The minimum Gasteiger partial charge on any atom is -0.324 e. The van der Waals surface area contributed by atoms with Crippen LogP contribution in [0.4, 0.5) is 5.69 Å². The van der Waals surface area contributed by atoms with Gasteiger partial charge in [0.25, 0.3) is 0 Å². The van der Waals surface area contributed by atoms with Gasteiger partial charge in [-0.2, -0.15) is 0 Å². The molecule has 0 bridgehead atoms. The van der Waals surface area contributed by atoms with Crippen molar-refractivity contribution in [1.29, 1.82) is 0 Å². The Morgan fingerprint density at radius 3 is 2.63 bits per heavy atom. The van der Waals surface area contributed by atoms with Gasteiger partial charge in [-0.1, -0.05) is 32.0 Å². The van der Waals surface area contributed by atoms with Gasteiger partial charge in [0.2, 0.25) is 5.91 Å². The minimum absolute atomic E-state index is 0.109. The fourth-order valence-corrected chi connectivity index (χ4v) is 2.67. The summed E-state index contributed by atoms with van der Waals surface area (Å²) in [6.45, 7) is 9.00. The van der Waals surface area contributed by atoms with E-state index in [2.05, 4.69) is 49.2 Å². The lowest BCUT2D eigenvalue weighted by atomic mass is 9.98. The quantitative estimate of drug-likeness (QED) is 0.902. The van der Waals surface area contributed by atoms with Crippen LogP contribution in [0.15, 0.2) is 18.2 Å². The highest BCUT2D eigenvalue weighted by molar-refractivity contribution is 5.93. The third-order valence-corrected chi connectivity index (χ3v) is 3.76. The zero-order chi connectivity index (χ0) is 13.8. The second kappa shape index (κ2) is 6.20. The Morgan fingerprint density at radius 2 is 2.00 bits per heavy atom. The Bertz CT molecular complexity index is 448. The third kappa shape index (κ3) is 3.57. The molecule has 0 aliphatic carbocycles. The standard InChI is InChI=1S/C16H24N2O/c1-12(2)14-8-6-7-13(3)16(14)17-15(19)11-18-9-4-5-10-18/h6-8,12H,4-5,9-11H2,1-3H3,(H,17,19). The average molecular weight is 260 g/mol. The second-order valence-electron chi connectivity index (χ2n) is 5.73. The van der Waals surface area contributed by atoms with Crippen LogP contribution in [0.25, 0.3) is 0 Å². The maximum Gasteiger partial charge on any atom is 0.238 e. The van der Waals surface area contributed by atoms with Gasteiger partial charge in [0, 0.05) is 5.69 Å². The average Bonchev–Trinajstić information content (AvgIpc) is 2.84. The minimum atomic E-state index is 0.109. The molecule has 0 atom stereocenters. The first kappa shape index (κ1) is 14.1. The summed E-state index contributed by atoms with van der Waals surface area (Å²) in [6, 6.07) is 6.21. The van der Waals surface area contributed by atoms with Gasteiger partial charge in [-0.05, 0) is 49.9 Å². The first-order valence-corrected chi connectivity index (χ1v) is 7.19. The number of likely N-dealkylation sites (tertiary alicyclic amines) is 1. The van der Waals surface area contributed by atoms with Crippen LogP contribution in [-0.4, -0.2) is 30.4 Å². The number of rotatable bonds is 4. The van der Waals surface area contributed by atoms with Crippen molar-refractivity contribution >= 4 is 11.6 Å². The molecule has 2 rings (SSSR count). The second-order valence-corrected chi connectivity index (χ2v) is 5.73. The number of nitrogens with one attached hydrogen (secondary N) is 1. The van der Waals surface area contributed by atoms with E-state index in [1.807, 2.05) is 0 Å². The molecule has 1 aliphatic heterocycles. The van der Waals surface area contributed by atoms with Crippen molar-refractivity contribution in [2.75, 3.05) is 25.0 Å². The fourth-order valence-electron chi connectivity index (χ4n) is 2.67. The summed E-state index contributed by atoms with van der Waals surface area (Å²) >= 11 is 0. The molecular weight excluding hydrogens is 236 g/mol. The molecule has 0 radical (unpaired) electrons. The van der Waals surface area contributed by atoms with E-state index in [-0.39, 0.29) is 5.91 Å². The molecule has 0 saturated carbocycles. The van der Waals surface area contributed by atoms with E-state index in [1.54, 1.807) is 0 Å². The molecule has 1 aliphatic rings. The Morgan fingerprint density at radius 1 is 1.32 bits per heavy atom. The van der Waals surface area contributed by atoms with Gasteiger partial charge in [-0.25, -0.2) is 0 Å². The van der Waals surface area contributed by atoms with Gasteiger partial charge in [0.1, 0.15) is 0 Å². The monoisotopic (exact) mass is 260 g/mol. The molecule has 1 fully saturated rings. The third-order valence-electron chi connectivity index (χ3n) is 3.76. The van der Waals surface area contributed by atoms with E-state index in [0.29, 0.717) is 12.5 Å². The molecular formula is C16H24N2O. The molecule has 1 aromatic carbocycles. The van der Waals surface area contributed by atoms with Gasteiger partial charge < -0.3 is 5.32 Å². The van der Waals surface area contributed by atoms with Gasteiger partial charge in [-0.3, -0.25) is 9.69 Å². The molecule has 19 heavy (non-hydrogen) atoms. The lowest BCUT2D eigenvalue weighted by Gasteiger charge is -2.19. The van der Waals surface area contributed by atoms with Crippen LogP contribution in [0.1, 0.15) is 43.7 Å².